The summed E-state index contributed by atoms with van der Waals surface area (Å²) in [5.74, 6) is 9.44. The molecule has 9 aliphatic heterocycles. The lowest BCUT2D eigenvalue weighted by Gasteiger charge is -2.45. The largest absolute Gasteiger partial charge is 0.372 e. The molecule has 18 rings (SSSR count). The Hall–Kier alpha value is -3.02. The molecule has 101 heavy (non-hydrogen) atoms. The molecule has 3 aromatic rings. The molecule has 9 heterocycles. The average Bonchev–Trinajstić information content (AvgIpc) is 1.73. The highest BCUT2D eigenvalue weighted by molar-refractivity contribution is 5.58. The maximum Gasteiger partial charge on any atom is 0.0399 e. The maximum atomic E-state index is 2.63. The van der Waals surface area contributed by atoms with Gasteiger partial charge in [0.25, 0.3) is 0 Å². The highest BCUT2D eigenvalue weighted by Crippen LogP contribution is 2.44. The molecule has 15 aliphatic rings. The monoisotopic (exact) mass is 1390 g/mol. The summed E-state index contributed by atoms with van der Waals surface area (Å²) in [5.41, 5.74) is 8.83. The summed E-state index contributed by atoms with van der Waals surface area (Å²) >= 11 is 0. The predicted molar refractivity (Wildman–Crippen MR) is 437 cm³/mol. The van der Waals surface area contributed by atoms with Crippen LogP contribution in [0.4, 0.5) is 11.4 Å². The Morgan fingerprint density at radius 1 is 0.267 bits per heavy atom. The van der Waals surface area contributed by atoms with Gasteiger partial charge in [0.1, 0.15) is 0 Å². The van der Waals surface area contributed by atoms with Crippen LogP contribution in [0, 0.1) is 53.3 Å². The Balaban J connectivity index is 0.000000123. The van der Waals surface area contributed by atoms with Crippen molar-refractivity contribution in [3.8, 4) is 0 Å². The Morgan fingerprint density at radius 2 is 0.663 bits per heavy atom. The summed E-state index contributed by atoms with van der Waals surface area (Å²) in [6, 6.07) is 36.1. The molecule has 0 spiro atoms. The van der Waals surface area contributed by atoms with E-state index < -0.39 is 0 Å². The summed E-state index contributed by atoms with van der Waals surface area (Å²) < 4.78 is 0. The van der Waals surface area contributed by atoms with E-state index in [4.69, 9.17) is 0 Å². The number of fused-ring (bicyclic) bond motifs is 9. The molecule has 12 fully saturated rings. The van der Waals surface area contributed by atoms with E-state index >= 15 is 0 Å². The lowest BCUT2D eigenvalue weighted by atomic mass is 9.73. The van der Waals surface area contributed by atoms with Gasteiger partial charge >= 0.3 is 0 Å². The summed E-state index contributed by atoms with van der Waals surface area (Å²) in [6.07, 6.45) is 45.0. The summed E-state index contributed by atoms with van der Waals surface area (Å²) in [4.78, 5) is 22.5. The summed E-state index contributed by atoms with van der Waals surface area (Å²) in [5, 5.41) is 0. The molecule has 9 nitrogen and oxygen atoms in total. The first-order valence-corrected chi connectivity index (χ1v) is 43.2. The number of benzene rings is 3. The van der Waals surface area contributed by atoms with Gasteiger partial charge in [0, 0.05) is 124 Å². The predicted octanol–water partition coefficient (Wildman–Crippen LogP) is 19.8. The smallest absolute Gasteiger partial charge is 0.0399 e. The van der Waals surface area contributed by atoms with Gasteiger partial charge < -0.3 is 39.2 Å². The van der Waals surface area contributed by atoms with Crippen LogP contribution in [0.2, 0.25) is 0 Å². The van der Waals surface area contributed by atoms with Crippen LogP contribution in [0.3, 0.4) is 0 Å². The number of likely N-dealkylation sites (N-methyl/N-ethyl adjacent to an activating group) is 2. The van der Waals surface area contributed by atoms with E-state index in [2.05, 4.69) is 243 Å². The van der Waals surface area contributed by atoms with E-state index in [1.807, 2.05) is 0 Å². The standard InChI is InChI=1S/C11H21N.C11H15N.C11H21N.C11H15N.2C10H19N.C10H13N.2C9H17N/c2*1-9-7-10-5-3-4-6-11(10)8-12(9)2;2*1-9-7-8-10-5-3-4-6-11(10)12(9)2;1-8-10-6-4-3-5-9(10)7-11(8)2;2*1-8-7-9-5-3-4-6-10(9)11(8)2;1-7-9-5-3-4-8(9)6-10(7)2;1-7-6-8-4-3-5-9(8)10(7)2/h9-11H,3-8H2,1-2H3;3-6,9H,7-8H2,1-2H3;9-11H,3-8H2,1-2H3;3-6,9H,7-8H2,1-2H3;2*8-10H,3-7H2,1-2H3;3-6,8H,7H2,1-2H3;2*7-9H,3-6H2,1-2H3. The first kappa shape index (κ1) is 80.5. The second kappa shape index (κ2) is 38.7. The van der Waals surface area contributed by atoms with Crippen molar-refractivity contribution in [2.24, 2.45) is 53.3 Å². The second-order valence-corrected chi connectivity index (χ2v) is 37.0. The third kappa shape index (κ3) is 21.0. The minimum atomic E-state index is 0.674. The molecular formula is C92H157N9. The fourth-order valence-corrected chi connectivity index (χ4v) is 22.9. The quantitative estimate of drug-likeness (QED) is 0.218. The van der Waals surface area contributed by atoms with Crippen molar-refractivity contribution in [2.75, 3.05) is 92.9 Å². The number of anilines is 2. The molecule has 9 heteroatoms. The SMILES string of the molecule is CC1C2CCCC2CN1C.CC1C2CCCCC2CN1C.CC1CC2CCCC2N1C.CC1CC2CCCCC2CN1C.CC1CC2CCCCC2N1C.CC1CCC2CCCCC2N1C.CC1CCc2ccccc2N1C.CC1Cc2ccccc2CN1C.CC1Cc2ccccc2N1C. The van der Waals surface area contributed by atoms with Gasteiger partial charge in [-0.05, 0) is 328 Å². The number of rotatable bonds is 0. The molecule has 0 bridgehead atoms. The molecule has 0 N–H and O–H groups in total. The molecule has 21 unspecified atom stereocenters. The number of para-hydroxylation sites is 2. The Kier molecular flexibility index (Phi) is 30.8. The highest BCUT2D eigenvalue weighted by atomic mass is 15.2. The third-order valence-corrected chi connectivity index (χ3v) is 30.8. The van der Waals surface area contributed by atoms with E-state index in [9.17, 15) is 0 Å². The number of hydrogen-bond acceptors (Lipinski definition) is 9. The fraction of sp³-hybridized carbons (Fsp3) is 0.804. The van der Waals surface area contributed by atoms with E-state index in [0.29, 0.717) is 18.1 Å². The first-order valence-electron chi connectivity index (χ1n) is 43.2. The van der Waals surface area contributed by atoms with Gasteiger partial charge in [0.15, 0.2) is 0 Å². The zero-order valence-electron chi connectivity index (χ0n) is 68.8. The van der Waals surface area contributed by atoms with Crippen LogP contribution < -0.4 is 9.80 Å². The van der Waals surface area contributed by atoms with Crippen LogP contribution in [0.1, 0.15) is 264 Å². The third-order valence-electron chi connectivity index (χ3n) is 30.8. The van der Waals surface area contributed by atoms with Crippen molar-refractivity contribution in [3.05, 3.63) is 95.1 Å². The normalized spacial score (nSPS) is 37.8. The van der Waals surface area contributed by atoms with Crippen LogP contribution in [0.25, 0.3) is 0 Å². The van der Waals surface area contributed by atoms with Gasteiger partial charge in [-0.15, -0.1) is 0 Å². The van der Waals surface area contributed by atoms with Crippen LogP contribution in [0.15, 0.2) is 72.8 Å². The topological polar surface area (TPSA) is 29.2 Å². The molecule has 0 radical (unpaired) electrons. The minimum absolute atomic E-state index is 0.674. The van der Waals surface area contributed by atoms with Crippen molar-refractivity contribution in [1.29, 1.82) is 0 Å². The molecule has 0 amide bonds. The van der Waals surface area contributed by atoms with Crippen LogP contribution in [-0.4, -0.2) is 190 Å². The van der Waals surface area contributed by atoms with Crippen molar-refractivity contribution in [2.45, 2.75) is 340 Å². The Morgan fingerprint density at radius 3 is 1.25 bits per heavy atom. The number of hydrogen-bond donors (Lipinski definition) is 0. The van der Waals surface area contributed by atoms with Gasteiger partial charge in [0.05, 0.1) is 0 Å². The number of nitrogens with zero attached hydrogens (tertiary/aromatic N) is 9. The van der Waals surface area contributed by atoms with Crippen LogP contribution in [0.5, 0.6) is 0 Å². The summed E-state index contributed by atoms with van der Waals surface area (Å²) in [7, 11) is 20.3. The van der Waals surface area contributed by atoms with Gasteiger partial charge in [-0.2, -0.15) is 0 Å². The van der Waals surface area contributed by atoms with Gasteiger partial charge in [-0.3, -0.25) is 4.90 Å². The zero-order chi connectivity index (χ0) is 72.0. The highest BCUT2D eigenvalue weighted by Gasteiger charge is 2.43. The van der Waals surface area contributed by atoms with Gasteiger partial charge in [-0.1, -0.05) is 131 Å². The number of aryl methyl sites for hydroxylation is 1. The van der Waals surface area contributed by atoms with Gasteiger partial charge in [-0.25, -0.2) is 0 Å². The van der Waals surface area contributed by atoms with E-state index in [1.165, 1.54) is 252 Å². The van der Waals surface area contributed by atoms with E-state index in [0.717, 1.165) is 114 Å². The molecule has 6 aliphatic carbocycles. The molecule has 570 valence electrons. The number of piperidine rings is 2. The fourth-order valence-electron chi connectivity index (χ4n) is 22.9. The molecule has 3 aromatic carbocycles. The number of likely N-dealkylation sites (tertiary alicyclic amines) is 6. The van der Waals surface area contributed by atoms with Crippen LogP contribution >= 0.6 is 0 Å². The Labute approximate surface area is 623 Å². The molecule has 0 aromatic heterocycles. The maximum absolute atomic E-state index is 2.63. The lowest BCUT2D eigenvalue weighted by molar-refractivity contribution is 0.0447. The van der Waals surface area contributed by atoms with E-state index in [-0.39, 0.29) is 0 Å². The van der Waals surface area contributed by atoms with E-state index in [1.54, 1.807) is 0 Å². The molecule has 6 saturated heterocycles. The van der Waals surface area contributed by atoms with Crippen molar-refractivity contribution < 1.29 is 0 Å². The Bertz CT molecular complexity index is 2750. The average molecular weight is 1390 g/mol. The van der Waals surface area contributed by atoms with Crippen molar-refractivity contribution >= 4 is 11.4 Å². The van der Waals surface area contributed by atoms with Crippen LogP contribution in [-0.2, 0) is 25.8 Å². The molecular weight excluding hydrogens is 1230 g/mol. The second-order valence-electron chi connectivity index (χ2n) is 37.0. The zero-order valence-corrected chi connectivity index (χ0v) is 68.8. The summed E-state index contributed by atoms with van der Waals surface area (Å²) in [6.45, 7) is 26.3. The first-order chi connectivity index (χ1) is 48.6. The molecule has 21 atom stereocenters. The molecule has 6 saturated carbocycles. The van der Waals surface area contributed by atoms with Crippen molar-refractivity contribution in [1.82, 2.24) is 34.3 Å². The van der Waals surface area contributed by atoms with Crippen molar-refractivity contribution in [3.63, 3.8) is 0 Å². The van der Waals surface area contributed by atoms with Gasteiger partial charge in [0.2, 0.25) is 0 Å². The minimum Gasteiger partial charge on any atom is -0.372 e. The lowest BCUT2D eigenvalue weighted by Crippen LogP contribution is -2.48.